The van der Waals surface area contributed by atoms with E-state index in [1.54, 1.807) is 18.8 Å². The van der Waals surface area contributed by atoms with Crippen molar-refractivity contribution >= 4 is 17.7 Å². The molecular weight excluding hydrogens is 186 g/mol. The van der Waals surface area contributed by atoms with Gasteiger partial charge in [-0.05, 0) is 17.6 Å². The van der Waals surface area contributed by atoms with Crippen molar-refractivity contribution in [3.05, 3.63) is 11.0 Å². The van der Waals surface area contributed by atoms with Crippen LogP contribution in [0.5, 0.6) is 0 Å². The summed E-state index contributed by atoms with van der Waals surface area (Å²) in [6.07, 6.45) is 2.40. The summed E-state index contributed by atoms with van der Waals surface area (Å²) >= 11 is 1.69. The largest absolute Gasteiger partial charge is 0.275 e. The van der Waals surface area contributed by atoms with Crippen molar-refractivity contribution in [2.75, 3.05) is 19.9 Å². The van der Waals surface area contributed by atoms with Crippen molar-refractivity contribution in [1.82, 2.24) is 5.06 Å². The highest BCUT2D eigenvalue weighted by atomic mass is 32.2. The zero-order valence-corrected chi connectivity index (χ0v) is 9.48. The van der Waals surface area contributed by atoms with Crippen molar-refractivity contribution in [1.29, 1.82) is 0 Å². The molecule has 0 atom stereocenters. The normalized spacial score (nSPS) is 11.5. The van der Waals surface area contributed by atoms with Crippen molar-refractivity contribution in [2.45, 2.75) is 20.3 Å². The van der Waals surface area contributed by atoms with E-state index in [1.165, 1.54) is 12.2 Å². The number of allylic oxidation sites excluding steroid dienone is 1. The van der Waals surface area contributed by atoms with Gasteiger partial charge in [0, 0.05) is 7.05 Å². The molecule has 0 bridgehead atoms. The molecule has 0 aromatic heterocycles. The Labute approximate surface area is 84.1 Å². The molecule has 0 unspecified atom stereocenters. The topological polar surface area (TPSA) is 29.5 Å². The van der Waals surface area contributed by atoms with Crippen LogP contribution in [0.3, 0.4) is 0 Å². The van der Waals surface area contributed by atoms with E-state index < -0.39 is 0 Å². The second-order valence-electron chi connectivity index (χ2n) is 2.44. The van der Waals surface area contributed by atoms with E-state index in [-0.39, 0.29) is 5.91 Å². The molecule has 4 heteroatoms. The lowest BCUT2D eigenvalue weighted by Crippen LogP contribution is -2.25. The van der Waals surface area contributed by atoms with Gasteiger partial charge in [0.05, 0.1) is 13.5 Å². The highest BCUT2D eigenvalue weighted by Gasteiger charge is 2.09. The number of hydroxylamine groups is 2. The van der Waals surface area contributed by atoms with Gasteiger partial charge < -0.3 is 0 Å². The van der Waals surface area contributed by atoms with E-state index in [1.807, 2.05) is 13.0 Å². The molecule has 0 radical (unpaired) electrons. The molecule has 0 spiro atoms. The standard InChI is InChI=1S/C9H17NO2S/c1-5-8(13-6-2)7-9(11)10(3)12-4/h5H,6-7H2,1-4H3/b8-5-. The van der Waals surface area contributed by atoms with E-state index in [2.05, 4.69) is 6.92 Å². The van der Waals surface area contributed by atoms with Crippen LogP contribution in [0, 0.1) is 0 Å². The van der Waals surface area contributed by atoms with Crippen LogP contribution < -0.4 is 0 Å². The highest BCUT2D eigenvalue weighted by molar-refractivity contribution is 8.03. The van der Waals surface area contributed by atoms with Crippen LogP contribution in [0.1, 0.15) is 20.3 Å². The molecule has 0 saturated heterocycles. The van der Waals surface area contributed by atoms with E-state index >= 15 is 0 Å². The Morgan fingerprint density at radius 3 is 2.62 bits per heavy atom. The maximum absolute atomic E-state index is 11.4. The summed E-state index contributed by atoms with van der Waals surface area (Å²) in [5, 5.41) is 1.25. The molecule has 1 amide bonds. The first-order valence-corrected chi connectivity index (χ1v) is 5.22. The van der Waals surface area contributed by atoms with E-state index in [9.17, 15) is 4.79 Å². The van der Waals surface area contributed by atoms with Crippen LogP contribution >= 0.6 is 11.8 Å². The fourth-order valence-electron chi connectivity index (χ4n) is 0.784. The summed E-state index contributed by atoms with van der Waals surface area (Å²) in [7, 11) is 3.10. The van der Waals surface area contributed by atoms with E-state index in [0.29, 0.717) is 6.42 Å². The first-order chi connectivity index (χ1) is 6.15. The molecule has 0 heterocycles. The monoisotopic (exact) mass is 203 g/mol. The molecular formula is C9H17NO2S. The van der Waals surface area contributed by atoms with Gasteiger partial charge >= 0.3 is 0 Å². The van der Waals surface area contributed by atoms with Gasteiger partial charge in [0.15, 0.2) is 0 Å². The summed E-state index contributed by atoms with van der Waals surface area (Å²) < 4.78 is 0. The van der Waals surface area contributed by atoms with Crippen molar-refractivity contribution in [2.24, 2.45) is 0 Å². The van der Waals surface area contributed by atoms with Gasteiger partial charge in [0.25, 0.3) is 5.91 Å². The maximum atomic E-state index is 11.4. The third kappa shape index (κ3) is 4.95. The zero-order valence-electron chi connectivity index (χ0n) is 8.66. The van der Waals surface area contributed by atoms with Gasteiger partial charge in [-0.3, -0.25) is 9.63 Å². The molecule has 0 rings (SSSR count). The van der Waals surface area contributed by atoms with Gasteiger partial charge in [-0.2, -0.15) is 0 Å². The zero-order chi connectivity index (χ0) is 10.3. The van der Waals surface area contributed by atoms with E-state index in [4.69, 9.17) is 4.84 Å². The second kappa shape index (κ2) is 6.97. The highest BCUT2D eigenvalue weighted by Crippen LogP contribution is 2.19. The van der Waals surface area contributed by atoms with Crippen molar-refractivity contribution in [3.8, 4) is 0 Å². The maximum Gasteiger partial charge on any atom is 0.250 e. The Morgan fingerprint density at radius 1 is 1.62 bits per heavy atom. The Bertz CT molecular complexity index is 192. The molecule has 0 aliphatic carbocycles. The Balaban J connectivity index is 4.02. The minimum atomic E-state index is -0.0171. The second-order valence-corrected chi connectivity index (χ2v) is 3.83. The first-order valence-electron chi connectivity index (χ1n) is 4.24. The lowest BCUT2D eigenvalue weighted by molar-refractivity contribution is -0.167. The molecule has 0 aromatic rings. The SMILES string of the molecule is C/C=C(/CC(=O)N(C)OC)SCC. The van der Waals surface area contributed by atoms with Crippen molar-refractivity contribution in [3.63, 3.8) is 0 Å². The molecule has 13 heavy (non-hydrogen) atoms. The molecule has 0 N–H and O–H groups in total. The van der Waals surface area contributed by atoms with Crippen LogP contribution in [0.2, 0.25) is 0 Å². The number of hydrogen-bond donors (Lipinski definition) is 0. The van der Waals surface area contributed by atoms with Crippen LogP contribution in [0.25, 0.3) is 0 Å². The van der Waals surface area contributed by atoms with Crippen LogP contribution in [-0.2, 0) is 9.63 Å². The third-order valence-corrected chi connectivity index (χ3v) is 2.64. The number of amides is 1. The van der Waals surface area contributed by atoms with Crippen LogP contribution in [0.4, 0.5) is 0 Å². The smallest absolute Gasteiger partial charge is 0.250 e. The van der Waals surface area contributed by atoms with Crippen LogP contribution in [-0.4, -0.2) is 30.9 Å². The fourth-order valence-corrected chi connectivity index (χ4v) is 1.55. The van der Waals surface area contributed by atoms with Gasteiger partial charge in [-0.1, -0.05) is 13.0 Å². The lowest BCUT2D eigenvalue weighted by atomic mass is 10.3. The number of thioether (sulfide) groups is 1. The van der Waals surface area contributed by atoms with Gasteiger partial charge in [-0.15, -0.1) is 11.8 Å². The van der Waals surface area contributed by atoms with Gasteiger partial charge in [0.2, 0.25) is 0 Å². The molecule has 0 fully saturated rings. The number of carbonyl (C=O) groups excluding carboxylic acids is 1. The predicted octanol–water partition coefficient (Wildman–Crippen LogP) is 2.05. The van der Waals surface area contributed by atoms with E-state index in [0.717, 1.165) is 10.7 Å². The summed E-state index contributed by atoms with van der Waals surface area (Å²) in [5.74, 6) is 0.973. The average Bonchev–Trinajstić information content (AvgIpc) is 2.15. The first kappa shape index (κ1) is 12.5. The number of rotatable bonds is 5. The number of hydrogen-bond acceptors (Lipinski definition) is 3. The summed E-state index contributed by atoms with van der Waals surface area (Å²) in [5.41, 5.74) is 0. The Morgan fingerprint density at radius 2 is 2.23 bits per heavy atom. The summed E-state index contributed by atoms with van der Waals surface area (Å²) in [4.78, 5) is 17.2. The minimum Gasteiger partial charge on any atom is -0.275 e. The number of carbonyl (C=O) groups is 1. The third-order valence-electron chi connectivity index (χ3n) is 1.60. The minimum absolute atomic E-state index is 0.0171. The number of nitrogens with zero attached hydrogens (tertiary/aromatic N) is 1. The average molecular weight is 203 g/mol. The quantitative estimate of drug-likeness (QED) is 0.640. The Hall–Kier alpha value is -0.480. The molecule has 0 aromatic carbocycles. The van der Waals surface area contributed by atoms with Gasteiger partial charge in [0.1, 0.15) is 0 Å². The molecule has 0 aliphatic rings. The summed E-state index contributed by atoms with van der Waals surface area (Å²) in [6, 6.07) is 0. The van der Waals surface area contributed by atoms with Gasteiger partial charge in [-0.25, -0.2) is 5.06 Å². The molecule has 0 saturated carbocycles. The molecule has 76 valence electrons. The van der Waals surface area contributed by atoms with Crippen LogP contribution in [0.15, 0.2) is 11.0 Å². The Kier molecular flexibility index (Phi) is 6.72. The fraction of sp³-hybridized carbons (Fsp3) is 0.667. The summed E-state index contributed by atoms with van der Waals surface area (Å²) in [6.45, 7) is 4.01. The van der Waals surface area contributed by atoms with Crippen molar-refractivity contribution < 1.29 is 9.63 Å². The molecule has 3 nitrogen and oxygen atoms in total. The predicted molar refractivity (Wildman–Crippen MR) is 56.3 cm³/mol. The molecule has 0 aliphatic heterocycles. The lowest BCUT2D eigenvalue weighted by Gasteiger charge is -2.14.